The van der Waals surface area contributed by atoms with Gasteiger partial charge in [-0.2, -0.15) is 12.6 Å². The van der Waals surface area contributed by atoms with Gasteiger partial charge >= 0.3 is 0 Å². The molecule has 0 aliphatic heterocycles. The van der Waals surface area contributed by atoms with Gasteiger partial charge < -0.3 is 15.2 Å². The highest BCUT2D eigenvalue weighted by atomic mass is 32.1. The maximum Gasteiger partial charge on any atom is 0.234 e. The molecule has 1 aromatic rings. The smallest absolute Gasteiger partial charge is 0.234 e. The Morgan fingerprint density at radius 3 is 2.40 bits per heavy atom. The van der Waals surface area contributed by atoms with Crippen LogP contribution in [0, 0.1) is 0 Å². The third-order valence-corrected chi connectivity index (χ3v) is 2.55. The first-order valence-electron chi connectivity index (χ1n) is 4.29. The van der Waals surface area contributed by atoms with E-state index < -0.39 is 11.2 Å². The summed E-state index contributed by atoms with van der Waals surface area (Å²) < 4.78 is 10.2. The summed E-state index contributed by atoms with van der Waals surface area (Å²) >= 11 is 4.09. The van der Waals surface area contributed by atoms with Crippen LogP contribution in [-0.2, 0) is 4.79 Å². The molecule has 0 aromatic heterocycles. The van der Waals surface area contributed by atoms with E-state index in [2.05, 4.69) is 12.6 Å². The standard InChI is InChI=1S/C10H13NO3S/c1-13-7-4-3-6(5-8(7)14-2)9(15)10(11)12/h3-5,9,15H,1-2H3,(H2,11,12)/t9-/m0/s1. The Morgan fingerprint density at radius 2 is 1.93 bits per heavy atom. The van der Waals surface area contributed by atoms with Gasteiger partial charge in [0.25, 0.3) is 0 Å². The zero-order valence-corrected chi connectivity index (χ0v) is 9.45. The van der Waals surface area contributed by atoms with Crippen LogP contribution in [0.3, 0.4) is 0 Å². The van der Waals surface area contributed by atoms with Gasteiger partial charge in [0.15, 0.2) is 11.5 Å². The number of amides is 1. The monoisotopic (exact) mass is 227 g/mol. The highest BCUT2D eigenvalue weighted by Gasteiger charge is 2.14. The fourth-order valence-corrected chi connectivity index (χ4v) is 1.35. The molecule has 0 heterocycles. The van der Waals surface area contributed by atoms with E-state index in [-0.39, 0.29) is 0 Å². The molecule has 1 amide bonds. The summed E-state index contributed by atoms with van der Waals surface area (Å²) in [6.07, 6.45) is 0. The number of ether oxygens (including phenoxy) is 2. The molecule has 0 radical (unpaired) electrons. The maximum atomic E-state index is 10.9. The van der Waals surface area contributed by atoms with Crippen molar-refractivity contribution in [3.63, 3.8) is 0 Å². The minimum Gasteiger partial charge on any atom is -0.493 e. The lowest BCUT2D eigenvalue weighted by Gasteiger charge is -2.11. The van der Waals surface area contributed by atoms with Crippen LogP contribution in [0.1, 0.15) is 10.8 Å². The minimum atomic E-state index is -0.634. The van der Waals surface area contributed by atoms with Gasteiger partial charge in [-0.05, 0) is 17.7 Å². The zero-order valence-electron chi connectivity index (χ0n) is 8.56. The third-order valence-electron chi connectivity index (χ3n) is 1.99. The predicted octanol–water partition coefficient (Wildman–Crippen LogP) is 1.16. The van der Waals surface area contributed by atoms with Crippen molar-refractivity contribution < 1.29 is 14.3 Å². The lowest BCUT2D eigenvalue weighted by atomic mass is 10.1. The molecule has 0 bridgehead atoms. The molecular weight excluding hydrogens is 214 g/mol. The van der Waals surface area contributed by atoms with E-state index in [0.29, 0.717) is 17.1 Å². The van der Waals surface area contributed by atoms with Crippen molar-refractivity contribution in [1.82, 2.24) is 0 Å². The molecular formula is C10H13NO3S. The molecule has 1 aromatic carbocycles. The van der Waals surface area contributed by atoms with Gasteiger partial charge in [-0.3, -0.25) is 4.79 Å². The maximum absolute atomic E-state index is 10.9. The SMILES string of the molecule is COc1ccc([C@H](S)C(N)=O)cc1OC. The van der Waals surface area contributed by atoms with Crippen molar-refractivity contribution in [3.05, 3.63) is 23.8 Å². The second-order valence-electron chi connectivity index (χ2n) is 2.92. The minimum absolute atomic E-state index is 0.495. The predicted molar refractivity (Wildman–Crippen MR) is 60.5 cm³/mol. The fourth-order valence-electron chi connectivity index (χ4n) is 1.19. The van der Waals surface area contributed by atoms with Crippen LogP contribution >= 0.6 is 12.6 Å². The van der Waals surface area contributed by atoms with Gasteiger partial charge in [-0.25, -0.2) is 0 Å². The number of primary amides is 1. The van der Waals surface area contributed by atoms with Crippen LogP contribution < -0.4 is 15.2 Å². The van der Waals surface area contributed by atoms with Crippen molar-refractivity contribution in [2.75, 3.05) is 14.2 Å². The van der Waals surface area contributed by atoms with Crippen LogP contribution in [0.5, 0.6) is 11.5 Å². The molecule has 15 heavy (non-hydrogen) atoms. The zero-order chi connectivity index (χ0) is 11.4. The molecule has 0 aliphatic rings. The van der Waals surface area contributed by atoms with Gasteiger partial charge in [0, 0.05) is 0 Å². The van der Waals surface area contributed by atoms with Crippen LogP contribution in [0.25, 0.3) is 0 Å². The van der Waals surface area contributed by atoms with E-state index in [1.807, 2.05) is 0 Å². The topological polar surface area (TPSA) is 61.5 Å². The van der Waals surface area contributed by atoms with Crippen molar-refractivity contribution in [1.29, 1.82) is 0 Å². The molecule has 0 fully saturated rings. The van der Waals surface area contributed by atoms with Crippen LogP contribution in [0.2, 0.25) is 0 Å². The number of thiol groups is 1. The van der Waals surface area contributed by atoms with Gasteiger partial charge in [-0.15, -0.1) is 0 Å². The van der Waals surface area contributed by atoms with E-state index in [9.17, 15) is 4.79 Å². The molecule has 0 spiro atoms. The molecule has 4 nitrogen and oxygen atoms in total. The van der Waals surface area contributed by atoms with Crippen molar-refractivity contribution in [3.8, 4) is 11.5 Å². The van der Waals surface area contributed by atoms with Gasteiger partial charge in [0.1, 0.15) is 5.25 Å². The van der Waals surface area contributed by atoms with E-state index in [4.69, 9.17) is 15.2 Å². The van der Waals surface area contributed by atoms with Gasteiger partial charge in [-0.1, -0.05) is 6.07 Å². The van der Waals surface area contributed by atoms with Crippen LogP contribution in [0.4, 0.5) is 0 Å². The second-order valence-corrected chi connectivity index (χ2v) is 3.44. The van der Waals surface area contributed by atoms with E-state index in [1.54, 1.807) is 25.3 Å². The van der Waals surface area contributed by atoms with Gasteiger partial charge in [0.2, 0.25) is 5.91 Å². The van der Waals surface area contributed by atoms with Crippen molar-refractivity contribution >= 4 is 18.5 Å². The number of hydrogen-bond donors (Lipinski definition) is 2. The highest BCUT2D eigenvalue weighted by molar-refractivity contribution is 7.81. The molecule has 0 aliphatic carbocycles. The Morgan fingerprint density at radius 1 is 1.33 bits per heavy atom. The van der Waals surface area contributed by atoms with Gasteiger partial charge in [0.05, 0.1) is 14.2 Å². The molecule has 0 saturated carbocycles. The average molecular weight is 227 g/mol. The third kappa shape index (κ3) is 2.56. The summed E-state index contributed by atoms with van der Waals surface area (Å²) in [4.78, 5) is 10.9. The summed E-state index contributed by atoms with van der Waals surface area (Å²) in [6.45, 7) is 0. The van der Waals surface area contributed by atoms with E-state index in [0.717, 1.165) is 0 Å². The first-order chi connectivity index (χ1) is 7.10. The largest absolute Gasteiger partial charge is 0.493 e. The summed E-state index contributed by atoms with van der Waals surface area (Å²) in [6, 6.07) is 5.12. The van der Waals surface area contributed by atoms with Crippen LogP contribution in [0.15, 0.2) is 18.2 Å². The Balaban J connectivity index is 3.07. The molecule has 1 atom stereocenters. The summed E-state index contributed by atoms with van der Waals surface area (Å²) in [5, 5.41) is -0.634. The summed E-state index contributed by atoms with van der Waals surface area (Å²) in [5.74, 6) is 0.659. The number of benzene rings is 1. The molecule has 5 heteroatoms. The lowest BCUT2D eigenvalue weighted by Crippen LogP contribution is -2.17. The lowest BCUT2D eigenvalue weighted by molar-refractivity contribution is -0.117. The molecule has 82 valence electrons. The van der Waals surface area contributed by atoms with Crippen LogP contribution in [-0.4, -0.2) is 20.1 Å². The number of rotatable bonds is 4. The quantitative estimate of drug-likeness (QED) is 0.759. The number of carbonyl (C=O) groups is 1. The summed E-state index contributed by atoms with van der Waals surface area (Å²) in [7, 11) is 3.07. The normalized spacial score (nSPS) is 11.9. The Labute approximate surface area is 93.8 Å². The van der Waals surface area contributed by atoms with E-state index in [1.165, 1.54) is 7.11 Å². The Bertz CT molecular complexity index is 368. The van der Waals surface area contributed by atoms with E-state index >= 15 is 0 Å². The van der Waals surface area contributed by atoms with Crippen molar-refractivity contribution in [2.24, 2.45) is 5.73 Å². The van der Waals surface area contributed by atoms with Crippen molar-refractivity contribution in [2.45, 2.75) is 5.25 Å². The molecule has 0 unspecified atom stereocenters. The molecule has 2 N–H and O–H groups in total. The molecule has 1 rings (SSSR count). The summed E-state index contributed by atoms with van der Waals surface area (Å²) in [5.41, 5.74) is 5.83. The first-order valence-corrected chi connectivity index (χ1v) is 4.81. The highest BCUT2D eigenvalue weighted by Crippen LogP contribution is 2.31. The first kappa shape index (κ1) is 11.7. The Kier molecular flexibility index (Phi) is 3.85. The molecule has 0 saturated heterocycles. The number of methoxy groups -OCH3 is 2. The number of nitrogens with two attached hydrogens (primary N) is 1. The number of hydrogen-bond acceptors (Lipinski definition) is 4. The Hall–Kier alpha value is -1.36. The average Bonchev–Trinajstić information content (AvgIpc) is 2.26. The number of carbonyl (C=O) groups excluding carboxylic acids is 1. The second kappa shape index (κ2) is 4.93. The fraction of sp³-hybridized carbons (Fsp3) is 0.300.